The first-order valence-corrected chi connectivity index (χ1v) is 6.47. The van der Waals surface area contributed by atoms with Crippen molar-refractivity contribution in [3.63, 3.8) is 0 Å². The lowest BCUT2D eigenvalue weighted by Gasteiger charge is -2.08. The zero-order chi connectivity index (χ0) is 11.8. The highest BCUT2D eigenvalue weighted by Gasteiger charge is 1.99. The summed E-state index contributed by atoms with van der Waals surface area (Å²) >= 11 is 1.85. The Balaban J connectivity index is 2.09. The molecule has 0 bridgehead atoms. The number of rotatable bonds is 7. The van der Waals surface area contributed by atoms with Crippen LogP contribution in [-0.2, 0) is 0 Å². The topological polar surface area (TPSA) is 35.2 Å². The molecule has 0 radical (unpaired) electrons. The van der Waals surface area contributed by atoms with Gasteiger partial charge in [-0.15, -0.1) is 0 Å². The Morgan fingerprint density at radius 2 is 2.06 bits per heavy atom. The Kier molecular flexibility index (Phi) is 6.26. The van der Waals surface area contributed by atoms with E-state index in [2.05, 4.69) is 6.92 Å². The van der Waals surface area contributed by atoms with E-state index in [9.17, 15) is 4.39 Å². The minimum Gasteiger partial charge on any atom is -0.494 e. The SMILES string of the molecule is CC(CN)SCCCOc1ccc(F)cc1. The molecule has 0 saturated carbocycles. The van der Waals surface area contributed by atoms with Gasteiger partial charge in [-0.05, 0) is 36.4 Å². The molecule has 1 unspecified atom stereocenters. The van der Waals surface area contributed by atoms with Gasteiger partial charge in [0.05, 0.1) is 6.61 Å². The van der Waals surface area contributed by atoms with Crippen LogP contribution >= 0.6 is 11.8 Å². The Morgan fingerprint density at radius 3 is 2.69 bits per heavy atom. The fraction of sp³-hybridized carbons (Fsp3) is 0.500. The van der Waals surface area contributed by atoms with Crippen LogP contribution in [0.3, 0.4) is 0 Å². The third-order valence-electron chi connectivity index (χ3n) is 2.11. The van der Waals surface area contributed by atoms with Gasteiger partial charge >= 0.3 is 0 Å². The van der Waals surface area contributed by atoms with Crippen molar-refractivity contribution in [1.82, 2.24) is 0 Å². The quantitative estimate of drug-likeness (QED) is 0.748. The van der Waals surface area contributed by atoms with Gasteiger partial charge < -0.3 is 10.5 Å². The van der Waals surface area contributed by atoms with Crippen LogP contribution in [0.4, 0.5) is 4.39 Å². The molecule has 0 aromatic heterocycles. The standard InChI is InChI=1S/C12H18FNOS/c1-10(9-14)16-8-2-7-15-12-5-3-11(13)4-6-12/h3-6,10H,2,7-9,14H2,1H3. The van der Waals surface area contributed by atoms with Crippen molar-refractivity contribution >= 4 is 11.8 Å². The summed E-state index contributed by atoms with van der Waals surface area (Å²) in [6.07, 6.45) is 0.979. The monoisotopic (exact) mass is 243 g/mol. The molecule has 16 heavy (non-hydrogen) atoms. The molecule has 0 aliphatic heterocycles. The normalized spacial score (nSPS) is 12.4. The van der Waals surface area contributed by atoms with Crippen molar-refractivity contribution in [1.29, 1.82) is 0 Å². The molecule has 2 N–H and O–H groups in total. The zero-order valence-electron chi connectivity index (χ0n) is 9.49. The fourth-order valence-electron chi connectivity index (χ4n) is 1.13. The Hall–Kier alpha value is -0.740. The molecular weight excluding hydrogens is 225 g/mol. The lowest BCUT2D eigenvalue weighted by molar-refractivity contribution is 0.318. The second kappa shape index (κ2) is 7.52. The van der Waals surface area contributed by atoms with Crippen molar-refractivity contribution in [3.05, 3.63) is 30.1 Å². The van der Waals surface area contributed by atoms with E-state index in [0.29, 0.717) is 18.4 Å². The molecule has 0 aliphatic carbocycles. The predicted molar refractivity (Wildman–Crippen MR) is 67.5 cm³/mol. The molecule has 2 nitrogen and oxygen atoms in total. The van der Waals surface area contributed by atoms with Gasteiger partial charge in [-0.3, -0.25) is 0 Å². The highest BCUT2D eigenvalue weighted by Crippen LogP contribution is 2.13. The summed E-state index contributed by atoms with van der Waals surface area (Å²) in [6.45, 7) is 3.49. The van der Waals surface area contributed by atoms with Crippen LogP contribution in [0.15, 0.2) is 24.3 Å². The summed E-state index contributed by atoms with van der Waals surface area (Å²) in [5, 5.41) is 0.505. The van der Waals surface area contributed by atoms with Crippen LogP contribution in [-0.4, -0.2) is 24.2 Å². The van der Waals surface area contributed by atoms with Gasteiger partial charge in [0.1, 0.15) is 11.6 Å². The number of ether oxygens (including phenoxy) is 1. The van der Waals surface area contributed by atoms with Gasteiger partial charge in [0.25, 0.3) is 0 Å². The van der Waals surface area contributed by atoms with Gasteiger partial charge in [0, 0.05) is 11.8 Å². The molecule has 0 aliphatic rings. The Morgan fingerprint density at radius 1 is 1.38 bits per heavy atom. The van der Waals surface area contributed by atoms with E-state index < -0.39 is 0 Å². The summed E-state index contributed by atoms with van der Waals surface area (Å²) in [6, 6.07) is 6.09. The Labute approximate surface area is 100 Å². The second-order valence-electron chi connectivity index (χ2n) is 3.57. The van der Waals surface area contributed by atoms with Crippen molar-refractivity contribution in [2.45, 2.75) is 18.6 Å². The number of thioether (sulfide) groups is 1. The van der Waals surface area contributed by atoms with Crippen LogP contribution in [0, 0.1) is 5.82 Å². The summed E-state index contributed by atoms with van der Waals surface area (Å²) < 4.78 is 18.1. The summed E-state index contributed by atoms with van der Waals surface area (Å²) in [4.78, 5) is 0. The number of hydrogen-bond donors (Lipinski definition) is 1. The van der Waals surface area contributed by atoms with Gasteiger partial charge in [0.2, 0.25) is 0 Å². The van der Waals surface area contributed by atoms with Gasteiger partial charge in [-0.25, -0.2) is 4.39 Å². The zero-order valence-corrected chi connectivity index (χ0v) is 10.3. The smallest absolute Gasteiger partial charge is 0.123 e. The Bertz CT molecular complexity index is 292. The van der Waals surface area contributed by atoms with E-state index in [-0.39, 0.29) is 5.82 Å². The summed E-state index contributed by atoms with van der Waals surface area (Å²) in [5.74, 6) is 1.53. The molecule has 1 rings (SSSR count). The second-order valence-corrected chi connectivity index (χ2v) is 5.12. The van der Waals surface area contributed by atoms with Crippen molar-refractivity contribution in [3.8, 4) is 5.75 Å². The first-order chi connectivity index (χ1) is 7.72. The molecule has 1 atom stereocenters. The summed E-state index contributed by atoms with van der Waals surface area (Å²) in [7, 11) is 0. The average Bonchev–Trinajstić information content (AvgIpc) is 2.31. The molecule has 0 amide bonds. The largest absolute Gasteiger partial charge is 0.494 e. The highest BCUT2D eigenvalue weighted by atomic mass is 32.2. The summed E-state index contributed by atoms with van der Waals surface area (Å²) in [5.41, 5.74) is 5.50. The van der Waals surface area contributed by atoms with E-state index >= 15 is 0 Å². The maximum absolute atomic E-state index is 12.6. The lowest BCUT2D eigenvalue weighted by atomic mass is 10.3. The van der Waals surface area contributed by atoms with Gasteiger partial charge in [-0.2, -0.15) is 11.8 Å². The predicted octanol–water partition coefficient (Wildman–Crippen LogP) is 2.68. The van der Waals surface area contributed by atoms with E-state index in [4.69, 9.17) is 10.5 Å². The minimum absolute atomic E-state index is 0.236. The highest BCUT2D eigenvalue weighted by molar-refractivity contribution is 7.99. The van der Waals surface area contributed by atoms with Gasteiger partial charge in [0.15, 0.2) is 0 Å². The van der Waals surface area contributed by atoms with E-state index in [1.165, 1.54) is 12.1 Å². The molecule has 0 spiro atoms. The third-order valence-corrected chi connectivity index (χ3v) is 3.39. The van der Waals surface area contributed by atoms with Crippen LogP contribution < -0.4 is 10.5 Å². The number of nitrogens with two attached hydrogens (primary N) is 1. The molecule has 0 saturated heterocycles. The van der Waals surface area contributed by atoms with E-state index in [1.807, 2.05) is 11.8 Å². The fourth-order valence-corrected chi connectivity index (χ4v) is 1.96. The van der Waals surface area contributed by atoms with Crippen LogP contribution in [0.1, 0.15) is 13.3 Å². The van der Waals surface area contributed by atoms with Crippen molar-refractivity contribution in [2.24, 2.45) is 5.73 Å². The average molecular weight is 243 g/mol. The number of benzene rings is 1. The molecule has 90 valence electrons. The van der Waals surface area contributed by atoms with Crippen molar-refractivity contribution < 1.29 is 9.13 Å². The number of hydrogen-bond acceptors (Lipinski definition) is 3. The molecular formula is C12H18FNOS. The first-order valence-electron chi connectivity index (χ1n) is 5.42. The molecule has 4 heteroatoms. The van der Waals surface area contributed by atoms with Gasteiger partial charge in [-0.1, -0.05) is 6.92 Å². The minimum atomic E-state index is -0.236. The maximum Gasteiger partial charge on any atom is 0.123 e. The third kappa shape index (κ3) is 5.37. The van der Waals surface area contributed by atoms with Crippen molar-refractivity contribution in [2.75, 3.05) is 18.9 Å². The molecule has 1 aromatic carbocycles. The molecule has 1 aromatic rings. The molecule has 0 fully saturated rings. The van der Waals surface area contributed by atoms with E-state index in [0.717, 1.165) is 17.9 Å². The van der Waals surface area contributed by atoms with Crippen LogP contribution in [0.25, 0.3) is 0 Å². The lowest BCUT2D eigenvalue weighted by Crippen LogP contribution is -2.13. The first kappa shape index (κ1) is 13.3. The molecule has 0 heterocycles. The van der Waals surface area contributed by atoms with E-state index in [1.54, 1.807) is 12.1 Å². The maximum atomic E-state index is 12.6. The van der Waals surface area contributed by atoms with Crippen LogP contribution in [0.5, 0.6) is 5.75 Å². The van der Waals surface area contributed by atoms with Crippen LogP contribution in [0.2, 0.25) is 0 Å². The number of halogens is 1.